The summed E-state index contributed by atoms with van der Waals surface area (Å²) in [6, 6.07) is 23.7. The number of rotatable bonds is 5. The molecule has 4 rings (SSSR count). The second kappa shape index (κ2) is 9.94. The highest BCUT2D eigenvalue weighted by Crippen LogP contribution is 2.33. The smallest absolute Gasteiger partial charge is 0.230 e. The molecule has 0 fully saturated rings. The van der Waals surface area contributed by atoms with Gasteiger partial charge >= 0.3 is 0 Å². The molecule has 0 radical (unpaired) electrons. The van der Waals surface area contributed by atoms with Gasteiger partial charge in [0.2, 0.25) is 5.91 Å². The van der Waals surface area contributed by atoms with Crippen LogP contribution in [0.15, 0.2) is 82.8 Å². The fourth-order valence-corrected chi connectivity index (χ4v) is 4.08. The van der Waals surface area contributed by atoms with E-state index in [-0.39, 0.29) is 5.91 Å². The summed E-state index contributed by atoms with van der Waals surface area (Å²) in [5, 5.41) is 4.52. The van der Waals surface area contributed by atoms with Crippen molar-refractivity contribution in [1.29, 1.82) is 0 Å². The van der Waals surface area contributed by atoms with Crippen molar-refractivity contribution in [2.24, 2.45) is 9.98 Å². The molecule has 31 heavy (non-hydrogen) atoms. The quantitative estimate of drug-likeness (QED) is 0.502. The normalized spacial score (nSPS) is 13.0. The van der Waals surface area contributed by atoms with Gasteiger partial charge < -0.3 is 5.32 Å². The van der Waals surface area contributed by atoms with Crippen LogP contribution in [0.3, 0.4) is 0 Å². The molecule has 0 atom stereocenters. The van der Waals surface area contributed by atoms with E-state index in [1.165, 1.54) is 17.3 Å². The molecule has 4 nitrogen and oxygen atoms in total. The summed E-state index contributed by atoms with van der Waals surface area (Å²) in [6.07, 6.45) is 0.590. The van der Waals surface area contributed by atoms with E-state index < -0.39 is 0 Å². The van der Waals surface area contributed by atoms with Crippen LogP contribution < -0.4 is 5.32 Å². The number of carbonyl (C=O) groups is 1. The molecular weight excluding hydrogens is 426 g/mol. The first kappa shape index (κ1) is 21.3. The Morgan fingerprint density at radius 3 is 2.35 bits per heavy atom. The van der Waals surface area contributed by atoms with Crippen LogP contribution in [0.2, 0.25) is 5.02 Å². The van der Waals surface area contributed by atoms with Gasteiger partial charge in [-0.3, -0.25) is 9.79 Å². The second-order valence-corrected chi connectivity index (χ2v) is 8.77. The first-order chi connectivity index (χ1) is 15.1. The largest absolute Gasteiger partial charge is 0.351 e. The molecule has 1 N–H and O–H groups in total. The lowest BCUT2D eigenvalue weighted by Crippen LogP contribution is -2.25. The molecule has 1 amide bonds. The van der Waals surface area contributed by atoms with Gasteiger partial charge in [0.05, 0.1) is 27.9 Å². The number of aryl methyl sites for hydroxylation is 1. The molecule has 1 heterocycles. The maximum Gasteiger partial charge on any atom is 0.230 e. The van der Waals surface area contributed by atoms with Gasteiger partial charge in [-0.1, -0.05) is 65.7 Å². The average molecular weight is 448 g/mol. The molecule has 1 aliphatic rings. The fourth-order valence-electron chi connectivity index (χ4n) is 3.15. The lowest BCUT2D eigenvalue weighted by atomic mass is 10.1. The molecule has 0 aromatic heterocycles. The average Bonchev–Trinajstić information content (AvgIpc) is 2.97. The number of nitrogens with one attached hydrogen (secondary N) is 1. The first-order valence-corrected chi connectivity index (χ1v) is 11.4. The Morgan fingerprint density at radius 1 is 0.968 bits per heavy atom. The fraction of sp³-hybridized carbons (Fsp3) is 0.160. The lowest BCUT2D eigenvalue weighted by Gasteiger charge is -2.09. The first-order valence-electron chi connectivity index (χ1n) is 10.0. The Morgan fingerprint density at radius 2 is 1.65 bits per heavy atom. The highest BCUT2D eigenvalue weighted by molar-refractivity contribution is 8.14. The zero-order chi connectivity index (χ0) is 21.6. The Labute approximate surface area is 191 Å². The van der Waals surface area contributed by atoms with Crippen molar-refractivity contribution in [3.05, 3.63) is 94.5 Å². The highest BCUT2D eigenvalue weighted by atomic mass is 35.5. The number of hydrogen-bond donors (Lipinski definition) is 1. The van der Waals surface area contributed by atoms with Crippen LogP contribution in [0.5, 0.6) is 0 Å². The molecular formula is C25H22ClN3OS. The number of aliphatic imine (C=N–C) groups is 2. The molecule has 0 bridgehead atoms. The van der Waals surface area contributed by atoms with Gasteiger partial charge in [-0.25, -0.2) is 4.99 Å². The molecule has 0 unspecified atom stereocenters. The Hall–Kier alpha value is -2.89. The summed E-state index contributed by atoms with van der Waals surface area (Å²) in [6.45, 7) is 2.54. The Balaban J connectivity index is 1.45. The van der Waals surface area contributed by atoms with E-state index in [2.05, 4.69) is 36.5 Å². The highest BCUT2D eigenvalue weighted by Gasteiger charge is 2.16. The van der Waals surface area contributed by atoms with Crippen molar-refractivity contribution in [3.63, 3.8) is 0 Å². The molecule has 0 saturated heterocycles. The van der Waals surface area contributed by atoms with Crippen molar-refractivity contribution in [3.8, 4) is 0 Å². The maximum atomic E-state index is 12.4. The van der Waals surface area contributed by atoms with E-state index in [1.807, 2.05) is 48.5 Å². The SMILES string of the molecule is Cc1ccc(C2=Nc3ccccc3N=C(SCC(=O)NCc3ccc(Cl)cc3)C2)cc1. The van der Waals surface area contributed by atoms with Crippen molar-refractivity contribution in [1.82, 2.24) is 5.32 Å². The van der Waals surface area contributed by atoms with Gasteiger partial charge in [0, 0.05) is 18.0 Å². The van der Waals surface area contributed by atoms with Gasteiger partial charge in [0.1, 0.15) is 0 Å². The predicted molar refractivity (Wildman–Crippen MR) is 131 cm³/mol. The van der Waals surface area contributed by atoms with Gasteiger partial charge in [-0.05, 0) is 42.3 Å². The monoisotopic (exact) mass is 447 g/mol. The summed E-state index contributed by atoms with van der Waals surface area (Å²) >= 11 is 7.37. The van der Waals surface area contributed by atoms with Crippen molar-refractivity contribution in [2.75, 3.05) is 5.75 Å². The summed E-state index contributed by atoms with van der Waals surface area (Å²) < 4.78 is 0. The third kappa shape index (κ3) is 5.84. The molecule has 0 aliphatic carbocycles. The minimum absolute atomic E-state index is 0.0333. The topological polar surface area (TPSA) is 53.8 Å². The predicted octanol–water partition coefficient (Wildman–Crippen LogP) is 6.25. The zero-order valence-electron chi connectivity index (χ0n) is 17.1. The number of thioether (sulfide) groups is 1. The molecule has 0 spiro atoms. The van der Waals surface area contributed by atoms with Crippen LogP contribution in [0.1, 0.15) is 23.1 Å². The number of nitrogens with zero attached hydrogens (tertiary/aromatic N) is 2. The number of benzene rings is 3. The van der Waals surface area contributed by atoms with E-state index in [0.717, 1.165) is 33.3 Å². The molecule has 1 aliphatic heterocycles. The van der Waals surface area contributed by atoms with Crippen LogP contribution >= 0.6 is 23.4 Å². The molecule has 3 aromatic rings. The van der Waals surface area contributed by atoms with Crippen molar-refractivity contribution in [2.45, 2.75) is 19.9 Å². The maximum absolute atomic E-state index is 12.4. The molecule has 6 heteroatoms. The summed E-state index contributed by atoms with van der Waals surface area (Å²) in [5.41, 5.74) is 5.92. The lowest BCUT2D eigenvalue weighted by molar-refractivity contribution is -0.118. The van der Waals surface area contributed by atoms with Crippen LogP contribution in [-0.2, 0) is 11.3 Å². The van der Waals surface area contributed by atoms with E-state index in [4.69, 9.17) is 21.6 Å². The zero-order valence-corrected chi connectivity index (χ0v) is 18.7. The van der Waals surface area contributed by atoms with E-state index >= 15 is 0 Å². The third-order valence-electron chi connectivity index (χ3n) is 4.86. The van der Waals surface area contributed by atoms with Gasteiger partial charge in [0.25, 0.3) is 0 Å². The number of amides is 1. The van der Waals surface area contributed by atoms with Gasteiger partial charge in [-0.15, -0.1) is 11.8 Å². The van der Waals surface area contributed by atoms with E-state index in [9.17, 15) is 4.79 Å². The van der Waals surface area contributed by atoms with Gasteiger partial charge in [-0.2, -0.15) is 0 Å². The van der Waals surface area contributed by atoms with Crippen LogP contribution in [0.4, 0.5) is 11.4 Å². The summed E-state index contributed by atoms with van der Waals surface area (Å²) in [5.74, 6) is 0.268. The number of carbonyl (C=O) groups excluding carboxylic acids is 1. The van der Waals surface area contributed by atoms with E-state index in [1.54, 1.807) is 0 Å². The molecule has 156 valence electrons. The Kier molecular flexibility index (Phi) is 6.85. The van der Waals surface area contributed by atoms with Crippen LogP contribution in [-0.4, -0.2) is 22.4 Å². The number of para-hydroxylation sites is 2. The molecule has 0 saturated carbocycles. The summed E-state index contributed by atoms with van der Waals surface area (Å²) in [7, 11) is 0. The summed E-state index contributed by atoms with van der Waals surface area (Å²) in [4.78, 5) is 22.1. The van der Waals surface area contributed by atoms with Crippen molar-refractivity contribution >= 4 is 51.4 Å². The minimum atomic E-state index is -0.0333. The number of halogens is 1. The molecule has 3 aromatic carbocycles. The van der Waals surface area contributed by atoms with Crippen LogP contribution in [0, 0.1) is 6.92 Å². The number of fused-ring (bicyclic) bond motifs is 1. The van der Waals surface area contributed by atoms with E-state index in [0.29, 0.717) is 23.7 Å². The second-order valence-electron chi connectivity index (χ2n) is 7.29. The minimum Gasteiger partial charge on any atom is -0.351 e. The van der Waals surface area contributed by atoms with Gasteiger partial charge in [0.15, 0.2) is 0 Å². The third-order valence-corrected chi connectivity index (χ3v) is 6.09. The van der Waals surface area contributed by atoms with Crippen molar-refractivity contribution < 1.29 is 4.79 Å². The number of hydrogen-bond acceptors (Lipinski definition) is 4. The Bertz CT molecular complexity index is 1140. The van der Waals surface area contributed by atoms with Crippen LogP contribution in [0.25, 0.3) is 0 Å². The standard InChI is InChI=1S/C25H22ClN3OS/c1-17-6-10-19(11-7-17)23-14-25(29-22-5-3-2-4-21(22)28-23)31-16-24(30)27-15-18-8-12-20(26)13-9-18/h2-13H,14-16H2,1H3,(H,27,30).